The van der Waals surface area contributed by atoms with Crippen LogP contribution in [0.5, 0.6) is 0 Å². The number of carbonyl (C=O) groups excluding carboxylic acids is 1. The number of hydrogen-bond acceptors (Lipinski definition) is 3. The number of likely N-dealkylation sites (tertiary alicyclic amines) is 1. The smallest absolute Gasteiger partial charge is 0.329 e. The van der Waals surface area contributed by atoms with Gasteiger partial charge in [0, 0.05) is 13.1 Å². The lowest BCUT2D eigenvalue weighted by atomic mass is 9.89. The molecule has 0 aromatic rings. The van der Waals surface area contributed by atoms with Gasteiger partial charge in [-0.05, 0) is 40.0 Å². The number of hydrogen-bond donors (Lipinski definition) is 2. The number of carboxylic acid groups (broad SMARTS) is 1. The third-order valence-electron chi connectivity index (χ3n) is 3.43. The Hall–Kier alpha value is -1.30. The average Bonchev–Trinajstić information content (AvgIpc) is 2.34. The molecule has 0 radical (unpaired) electrons. The molecule has 0 saturated carbocycles. The number of amides is 2. The Morgan fingerprint density at radius 3 is 2.68 bits per heavy atom. The lowest BCUT2D eigenvalue weighted by molar-refractivity contribution is -0.150. The van der Waals surface area contributed by atoms with E-state index in [4.69, 9.17) is 4.74 Å². The topological polar surface area (TPSA) is 78.9 Å². The molecule has 1 heterocycles. The molecule has 1 fully saturated rings. The molecule has 19 heavy (non-hydrogen) atoms. The first-order valence-corrected chi connectivity index (χ1v) is 6.78. The van der Waals surface area contributed by atoms with Crippen LogP contribution in [-0.4, -0.2) is 53.3 Å². The van der Waals surface area contributed by atoms with E-state index in [1.165, 1.54) is 4.90 Å². The van der Waals surface area contributed by atoms with E-state index in [0.29, 0.717) is 26.1 Å². The van der Waals surface area contributed by atoms with E-state index >= 15 is 0 Å². The average molecular weight is 272 g/mol. The first-order valence-electron chi connectivity index (χ1n) is 6.78. The van der Waals surface area contributed by atoms with E-state index in [0.717, 1.165) is 12.8 Å². The van der Waals surface area contributed by atoms with Gasteiger partial charge in [0.2, 0.25) is 0 Å². The number of urea groups is 1. The lowest BCUT2D eigenvalue weighted by Crippen LogP contribution is -2.60. The maximum Gasteiger partial charge on any atom is 0.329 e. The molecule has 0 aliphatic carbocycles. The van der Waals surface area contributed by atoms with Crippen LogP contribution in [0, 0.1) is 0 Å². The van der Waals surface area contributed by atoms with E-state index in [1.807, 2.05) is 13.8 Å². The highest BCUT2D eigenvalue weighted by Crippen LogP contribution is 2.28. The van der Waals surface area contributed by atoms with Crippen LogP contribution >= 0.6 is 0 Å². The van der Waals surface area contributed by atoms with E-state index in [-0.39, 0.29) is 12.1 Å². The molecule has 1 saturated heterocycles. The Morgan fingerprint density at radius 1 is 1.42 bits per heavy atom. The highest BCUT2D eigenvalue weighted by Gasteiger charge is 2.43. The monoisotopic (exact) mass is 272 g/mol. The molecule has 6 heteroatoms. The Kier molecular flexibility index (Phi) is 5.60. The minimum absolute atomic E-state index is 0.121. The van der Waals surface area contributed by atoms with Crippen LogP contribution in [0.25, 0.3) is 0 Å². The van der Waals surface area contributed by atoms with Crippen LogP contribution in [0.2, 0.25) is 0 Å². The van der Waals surface area contributed by atoms with Gasteiger partial charge in [0.25, 0.3) is 0 Å². The summed E-state index contributed by atoms with van der Waals surface area (Å²) >= 11 is 0. The number of aliphatic carboxylic acids is 1. The van der Waals surface area contributed by atoms with Crippen LogP contribution in [0.1, 0.15) is 40.0 Å². The summed E-state index contributed by atoms with van der Waals surface area (Å²) in [5.41, 5.74) is -1.10. The summed E-state index contributed by atoms with van der Waals surface area (Å²) in [6.45, 7) is 6.77. The first-order chi connectivity index (χ1) is 8.88. The van der Waals surface area contributed by atoms with Crippen LogP contribution in [0.3, 0.4) is 0 Å². The van der Waals surface area contributed by atoms with Crippen molar-refractivity contribution in [3.8, 4) is 0 Å². The number of carboxylic acids is 1. The fraction of sp³-hybridized carbons (Fsp3) is 0.846. The molecular weight excluding hydrogens is 248 g/mol. The standard InChI is InChI=1S/C13H24N2O4/c1-10(2)19-9-7-14-12(18)15-8-5-4-6-13(15,3)11(16)17/h10H,4-9H2,1-3H3,(H,14,18)(H,16,17). The number of nitrogens with zero attached hydrogens (tertiary/aromatic N) is 1. The molecule has 6 nitrogen and oxygen atoms in total. The van der Waals surface area contributed by atoms with Gasteiger partial charge in [-0.1, -0.05) is 0 Å². The van der Waals surface area contributed by atoms with Gasteiger partial charge in [0.1, 0.15) is 5.54 Å². The Labute approximate surface area is 114 Å². The molecule has 0 aromatic heterocycles. The van der Waals surface area contributed by atoms with Crippen molar-refractivity contribution in [1.82, 2.24) is 10.2 Å². The molecule has 2 amide bonds. The van der Waals surface area contributed by atoms with Gasteiger partial charge in [-0.15, -0.1) is 0 Å². The number of piperidine rings is 1. The summed E-state index contributed by atoms with van der Waals surface area (Å²) in [6.07, 6.45) is 2.30. The van der Waals surface area contributed by atoms with Crippen molar-refractivity contribution in [2.75, 3.05) is 19.7 Å². The lowest BCUT2D eigenvalue weighted by Gasteiger charge is -2.41. The van der Waals surface area contributed by atoms with Crippen molar-refractivity contribution in [1.29, 1.82) is 0 Å². The Morgan fingerprint density at radius 2 is 2.11 bits per heavy atom. The second-order valence-corrected chi connectivity index (χ2v) is 5.34. The maximum atomic E-state index is 12.1. The van der Waals surface area contributed by atoms with E-state index in [9.17, 15) is 14.7 Å². The third-order valence-corrected chi connectivity index (χ3v) is 3.43. The second kappa shape index (κ2) is 6.75. The first kappa shape index (κ1) is 15.8. The van der Waals surface area contributed by atoms with Crippen molar-refractivity contribution >= 4 is 12.0 Å². The van der Waals surface area contributed by atoms with Crippen LogP contribution in [0.15, 0.2) is 0 Å². The summed E-state index contributed by atoms with van der Waals surface area (Å²) < 4.78 is 5.33. The third kappa shape index (κ3) is 4.09. The zero-order valence-corrected chi connectivity index (χ0v) is 11.9. The SMILES string of the molecule is CC(C)OCCNC(=O)N1CCCCC1(C)C(=O)O. The molecule has 0 spiro atoms. The van der Waals surface area contributed by atoms with Gasteiger partial charge >= 0.3 is 12.0 Å². The quantitative estimate of drug-likeness (QED) is 0.742. The maximum absolute atomic E-state index is 12.1. The highest BCUT2D eigenvalue weighted by atomic mass is 16.5. The fourth-order valence-corrected chi connectivity index (χ4v) is 2.22. The summed E-state index contributed by atoms with van der Waals surface area (Å²) in [7, 11) is 0. The highest BCUT2D eigenvalue weighted by molar-refractivity contribution is 5.86. The zero-order valence-electron chi connectivity index (χ0n) is 11.9. The normalized spacial score (nSPS) is 23.5. The van der Waals surface area contributed by atoms with Crippen molar-refractivity contribution in [2.24, 2.45) is 0 Å². The molecule has 0 bridgehead atoms. The van der Waals surface area contributed by atoms with Gasteiger partial charge in [0.15, 0.2) is 0 Å². The number of rotatable bonds is 5. The molecule has 2 N–H and O–H groups in total. The van der Waals surface area contributed by atoms with Gasteiger partial charge in [-0.25, -0.2) is 9.59 Å². The zero-order chi connectivity index (χ0) is 14.5. The molecule has 1 aliphatic rings. The van der Waals surface area contributed by atoms with E-state index in [1.54, 1.807) is 6.92 Å². The predicted molar refractivity (Wildman–Crippen MR) is 71.1 cm³/mol. The van der Waals surface area contributed by atoms with Crippen molar-refractivity contribution in [2.45, 2.75) is 51.7 Å². The number of nitrogens with one attached hydrogen (secondary N) is 1. The second-order valence-electron chi connectivity index (χ2n) is 5.34. The largest absolute Gasteiger partial charge is 0.480 e. The minimum Gasteiger partial charge on any atom is -0.480 e. The van der Waals surface area contributed by atoms with Gasteiger partial charge in [-0.2, -0.15) is 0 Å². The van der Waals surface area contributed by atoms with E-state index < -0.39 is 11.5 Å². The number of ether oxygens (including phenoxy) is 1. The van der Waals surface area contributed by atoms with E-state index in [2.05, 4.69) is 5.32 Å². The predicted octanol–water partition coefficient (Wildman–Crippen LogP) is 1.45. The molecule has 1 atom stereocenters. The summed E-state index contributed by atoms with van der Waals surface area (Å²) in [5.74, 6) is -0.944. The molecule has 110 valence electrons. The Balaban J connectivity index is 2.51. The van der Waals surface area contributed by atoms with Gasteiger partial charge in [0.05, 0.1) is 12.7 Å². The molecular formula is C13H24N2O4. The van der Waals surface area contributed by atoms with Crippen molar-refractivity contribution in [3.63, 3.8) is 0 Å². The molecule has 0 aromatic carbocycles. The van der Waals surface area contributed by atoms with Crippen molar-refractivity contribution in [3.05, 3.63) is 0 Å². The molecule has 1 unspecified atom stereocenters. The van der Waals surface area contributed by atoms with Gasteiger partial charge in [-0.3, -0.25) is 0 Å². The minimum atomic E-state index is -1.10. The van der Waals surface area contributed by atoms with Crippen LogP contribution in [-0.2, 0) is 9.53 Å². The Bertz CT molecular complexity index is 333. The summed E-state index contributed by atoms with van der Waals surface area (Å²) in [4.78, 5) is 24.8. The summed E-state index contributed by atoms with van der Waals surface area (Å²) in [6, 6.07) is -0.322. The molecule has 1 rings (SSSR count). The van der Waals surface area contributed by atoms with Crippen molar-refractivity contribution < 1.29 is 19.4 Å². The number of carbonyl (C=O) groups is 2. The van der Waals surface area contributed by atoms with Crippen LogP contribution in [0.4, 0.5) is 4.79 Å². The van der Waals surface area contributed by atoms with Gasteiger partial charge < -0.3 is 20.1 Å². The summed E-state index contributed by atoms with van der Waals surface area (Å²) in [5, 5.41) is 12.0. The molecule has 1 aliphatic heterocycles. The fourth-order valence-electron chi connectivity index (χ4n) is 2.22. The van der Waals surface area contributed by atoms with Crippen LogP contribution < -0.4 is 5.32 Å².